The van der Waals surface area contributed by atoms with Gasteiger partial charge in [0.2, 0.25) is 0 Å². The van der Waals surface area contributed by atoms with E-state index in [-0.39, 0.29) is 0 Å². The molecule has 1 aromatic heterocycles. The summed E-state index contributed by atoms with van der Waals surface area (Å²) >= 11 is 0. The molecule has 1 aliphatic rings. The number of rotatable bonds is 5. The second-order valence-electron chi connectivity index (χ2n) is 4.18. The highest BCUT2D eigenvalue weighted by Crippen LogP contribution is 2.29. The Morgan fingerprint density at radius 1 is 1.47 bits per heavy atom. The number of aromatic nitrogens is 2. The fraction of sp³-hybridized carbons (Fsp3) is 0.600. The molecule has 2 rings (SSSR count). The number of hydrazine groups is 1. The molecule has 0 spiro atoms. The van der Waals surface area contributed by atoms with Gasteiger partial charge < -0.3 is 10.3 Å². The first kappa shape index (κ1) is 10.3. The summed E-state index contributed by atoms with van der Waals surface area (Å²) in [6, 6.07) is 0. The van der Waals surface area contributed by atoms with Gasteiger partial charge in [0.25, 0.3) is 0 Å². The van der Waals surface area contributed by atoms with Gasteiger partial charge in [-0.2, -0.15) is 0 Å². The summed E-state index contributed by atoms with van der Waals surface area (Å²) in [6.07, 6.45) is 6.18. The zero-order chi connectivity index (χ0) is 10.7. The molecule has 0 unspecified atom stereocenters. The second-order valence-corrected chi connectivity index (χ2v) is 4.18. The molecule has 5 nitrogen and oxygen atoms in total. The van der Waals surface area contributed by atoms with Crippen LogP contribution in [-0.2, 0) is 6.54 Å². The highest BCUT2D eigenvalue weighted by atomic mass is 15.3. The van der Waals surface area contributed by atoms with Crippen LogP contribution in [0, 0.1) is 5.92 Å². The van der Waals surface area contributed by atoms with Crippen LogP contribution in [0.2, 0.25) is 0 Å². The molecule has 5 heteroatoms. The largest absolute Gasteiger partial charge is 0.307 e. The molecule has 15 heavy (non-hydrogen) atoms. The first-order valence-corrected chi connectivity index (χ1v) is 5.24. The van der Waals surface area contributed by atoms with Gasteiger partial charge in [-0.05, 0) is 25.8 Å². The van der Waals surface area contributed by atoms with Crippen molar-refractivity contribution in [1.29, 1.82) is 0 Å². The molecule has 1 fully saturated rings. The first-order valence-electron chi connectivity index (χ1n) is 5.24. The van der Waals surface area contributed by atoms with Crippen LogP contribution in [0.1, 0.15) is 18.5 Å². The normalized spacial score (nSPS) is 15.7. The number of nitrogens with two attached hydrogens (primary N) is 1. The van der Waals surface area contributed by atoms with Crippen molar-refractivity contribution in [3.8, 4) is 0 Å². The first-order chi connectivity index (χ1) is 7.28. The van der Waals surface area contributed by atoms with Crippen molar-refractivity contribution >= 4 is 5.82 Å². The molecule has 1 aliphatic carbocycles. The highest BCUT2D eigenvalue weighted by Gasteiger charge is 2.22. The molecule has 0 atom stereocenters. The van der Waals surface area contributed by atoms with Gasteiger partial charge in [-0.1, -0.05) is 0 Å². The standard InChI is InChI=1S/C10H17N5/c1-15(6-8-2-3-8)7-9-4-13-10(14-11)5-12-9/h4-5,8H,2-3,6-7,11H2,1H3,(H,13,14). The summed E-state index contributed by atoms with van der Waals surface area (Å²) in [4.78, 5) is 10.7. The highest BCUT2D eigenvalue weighted by molar-refractivity contribution is 5.28. The lowest BCUT2D eigenvalue weighted by molar-refractivity contribution is 0.309. The number of anilines is 1. The zero-order valence-electron chi connectivity index (χ0n) is 8.98. The third-order valence-corrected chi connectivity index (χ3v) is 2.55. The Balaban J connectivity index is 1.85. The van der Waals surface area contributed by atoms with E-state index in [1.165, 1.54) is 19.4 Å². The lowest BCUT2D eigenvalue weighted by atomic mass is 10.3. The summed E-state index contributed by atoms with van der Waals surface area (Å²) < 4.78 is 0. The number of nitrogens with zero attached hydrogens (tertiary/aromatic N) is 3. The van der Waals surface area contributed by atoms with Crippen LogP contribution in [0.5, 0.6) is 0 Å². The Labute approximate surface area is 89.7 Å². The maximum absolute atomic E-state index is 5.21. The monoisotopic (exact) mass is 207 g/mol. The topological polar surface area (TPSA) is 67.1 Å². The zero-order valence-corrected chi connectivity index (χ0v) is 8.98. The molecule has 0 bridgehead atoms. The molecule has 1 saturated carbocycles. The lowest BCUT2D eigenvalue weighted by Crippen LogP contribution is -2.21. The molecule has 3 N–H and O–H groups in total. The number of nitrogens with one attached hydrogen (secondary N) is 1. The van der Waals surface area contributed by atoms with Crippen molar-refractivity contribution < 1.29 is 0 Å². The molecule has 1 heterocycles. The minimum atomic E-state index is 0.601. The van der Waals surface area contributed by atoms with Crippen LogP contribution in [-0.4, -0.2) is 28.5 Å². The van der Waals surface area contributed by atoms with Crippen molar-refractivity contribution in [2.24, 2.45) is 11.8 Å². The molecular formula is C10H17N5. The van der Waals surface area contributed by atoms with Crippen molar-refractivity contribution in [3.63, 3.8) is 0 Å². The fourth-order valence-corrected chi connectivity index (χ4v) is 1.59. The van der Waals surface area contributed by atoms with E-state index in [9.17, 15) is 0 Å². The maximum atomic E-state index is 5.21. The smallest absolute Gasteiger partial charge is 0.158 e. The minimum Gasteiger partial charge on any atom is -0.307 e. The van der Waals surface area contributed by atoms with Gasteiger partial charge in [0.05, 0.1) is 18.1 Å². The minimum absolute atomic E-state index is 0.601. The SMILES string of the molecule is CN(Cc1cnc(NN)cn1)CC1CC1. The van der Waals surface area contributed by atoms with Gasteiger partial charge in [0, 0.05) is 13.1 Å². The Bertz CT molecular complexity index is 306. The summed E-state index contributed by atoms with van der Waals surface area (Å²) in [5, 5.41) is 0. The van der Waals surface area contributed by atoms with Gasteiger partial charge in [-0.25, -0.2) is 10.8 Å². The molecular weight excluding hydrogens is 190 g/mol. The van der Waals surface area contributed by atoms with Gasteiger partial charge in [-0.15, -0.1) is 0 Å². The van der Waals surface area contributed by atoms with Gasteiger partial charge in [0.1, 0.15) is 0 Å². The van der Waals surface area contributed by atoms with Gasteiger partial charge in [-0.3, -0.25) is 4.98 Å². The molecule has 1 aromatic rings. The van der Waals surface area contributed by atoms with Gasteiger partial charge in [0.15, 0.2) is 5.82 Å². The second kappa shape index (κ2) is 4.55. The summed E-state index contributed by atoms with van der Waals surface area (Å²) in [5.41, 5.74) is 3.45. The Hall–Kier alpha value is -1.20. The number of hydrogen-bond donors (Lipinski definition) is 2. The summed E-state index contributed by atoms with van der Waals surface area (Å²) in [5.74, 6) is 6.72. The van der Waals surface area contributed by atoms with Crippen molar-refractivity contribution in [1.82, 2.24) is 14.9 Å². The molecule has 0 saturated heterocycles. The van der Waals surface area contributed by atoms with E-state index in [2.05, 4.69) is 27.3 Å². The van der Waals surface area contributed by atoms with Crippen LogP contribution in [0.25, 0.3) is 0 Å². The van der Waals surface area contributed by atoms with E-state index in [1.54, 1.807) is 12.4 Å². The lowest BCUT2D eigenvalue weighted by Gasteiger charge is -2.15. The third kappa shape index (κ3) is 3.14. The van der Waals surface area contributed by atoms with E-state index in [4.69, 9.17) is 5.84 Å². The Morgan fingerprint density at radius 2 is 2.27 bits per heavy atom. The molecule has 0 aromatic carbocycles. The van der Waals surface area contributed by atoms with Crippen molar-refractivity contribution in [3.05, 3.63) is 18.1 Å². The predicted molar refractivity (Wildman–Crippen MR) is 58.9 cm³/mol. The summed E-state index contributed by atoms with van der Waals surface area (Å²) in [7, 11) is 2.12. The molecule has 0 amide bonds. The third-order valence-electron chi connectivity index (χ3n) is 2.55. The van der Waals surface area contributed by atoms with Crippen LogP contribution in [0.4, 0.5) is 5.82 Å². The van der Waals surface area contributed by atoms with E-state index in [0.29, 0.717) is 5.82 Å². The molecule has 0 aliphatic heterocycles. The van der Waals surface area contributed by atoms with E-state index < -0.39 is 0 Å². The van der Waals surface area contributed by atoms with Crippen LogP contribution in [0.3, 0.4) is 0 Å². The molecule has 82 valence electrons. The fourth-order valence-electron chi connectivity index (χ4n) is 1.59. The Kier molecular flexibility index (Phi) is 3.13. The van der Waals surface area contributed by atoms with Crippen molar-refractivity contribution in [2.75, 3.05) is 19.0 Å². The van der Waals surface area contributed by atoms with E-state index >= 15 is 0 Å². The number of hydrogen-bond acceptors (Lipinski definition) is 5. The Morgan fingerprint density at radius 3 is 2.80 bits per heavy atom. The quantitative estimate of drug-likeness (QED) is 0.547. The van der Waals surface area contributed by atoms with Gasteiger partial charge >= 0.3 is 0 Å². The molecule has 0 radical (unpaired) electrons. The summed E-state index contributed by atoms with van der Waals surface area (Å²) in [6.45, 7) is 2.02. The predicted octanol–water partition coefficient (Wildman–Crippen LogP) is 0.604. The number of nitrogen functional groups attached to an aromatic ring is 1. The maximum Gasteiger partial charge on any atom is 0.158 e. The average Bonchev–Trinajstić information content (AvgIpc) is 3.03. The van der Waals surface area contributed by atoms with Crippen LogP contribution >= 0.6 is 0 Å². The average molecular weight is 207 g/mol. The van der Waals surface area contributed by atoms with E-state index in [1.807, 2.05) is 0 Å². The van der Waals surface area contributed by atoms with Crippen molar-refractivity contribution in [2.45, 2.75) is 19.4 Å². The van der Waals surface area contributed by atoms with E-state index in [0.717, 1.165) is 18.2 Å². The van der Waals surface area contributed by atoms with Crippen LogP contribution in [0.15, 0.2) is 12.4 Å². The van der Waals surface area contributed by atoms with Crippen LogP contribution < -0.4 is 11.3 Å².